The highest BCUT2D eigenvalue weighted by Crippen LogP contribution is 2.27. The molecule has 0 saturated carbocycles. The van der Waals surface area contributed by atoms with Crippen LogP contribution in [0.5, 0.6) is 0 Å². The van der Waals surface area contributed by atoms with Crippen LogP contribution >= 0.6 is 11.8 Å². The van der Waals surface area contributed by atoms with Crippen molar-refractivity contribution >= 4 is 29.0 Å². The summed E-state index contributed by atoms with van der Waals surface area (Å²) in [6, 6.07) is 14.3. The number of piperazine rings is 1. The number of rotatable bonds is 7. The number of benzene rings is 2. The lowest BCUT2D eigenvalue weighted by molar-refractivity contribution is -0.113. The second-order valence-corrected chi connectivity index (χ2v) is 8.97. The molecule has 1 saturated heterocycles. The number of thioether (sulfide) groups is 1. The number of aryl methyl sites for hydroxylation is 2. The fourth-order valence-electron chi connectivity index (χ4n) is 3.85. The summed E-state index contributed by atoms with van der Waals surface area (Å²) in [6.45, 7) is 11.5. The average Bonchev–Trinajstić information content (AvgIpc) is 3.29. The first-order valence-corrected chi connectivity index (χ1v) is 12.0. The minimum Gasteiger partial charge on any atom is -0.367 e. The van der Waals surface area contributed by atoms with E-state index >= 15 is 0 Å². The number of para-hydroxylation sites is 2. The van der Waals surface area contributed by atoms with Gasteiger partial charge in [-0.3, -0.25) is 9.36 Å². The molecule has 32 heavy (non-hydrogen) atoms. The Balaban J connectivity index is 1.40. The number of carbonyl (C=O) groups excluding carboxylic acids is 1. The highest BCUT2D eigenvalue weighted by Gasteiger charge is 2.19. The summed E-state index contributed by atoms with van der Waals surface area (Å²) in [4.78, 5) is 17.6. The SMILES string of the molecule is CCN1CCN(c2ccccc2NC(=O)CSc2nncn2-c2ccc(C)c(C)c2)CC1. The van der Waals surface area contributed by atoms with Gasteiger partial charge in [0, 0.05) is 31.9 Å². The number of anilines is 2. The van der Waals surface area contributed by atoms with Crippen molar-refractivity contribution in [3.63, 3.8) is 0 Å². The van der Waals surface area contributed by atoms with Crippen molar-refractivity contribution in [2.45, 2.75) is 25.9 Å². The highest BCUT2D eigenvalue weighted by atomic mass is 32.2. The molecule has 3 aromatic rings. The number of hydrogen-bond donors (Lipinski definition) is 1. The molecule has 1 N–H and O–H groups in total. The van der Waals surface area contributed by atoms with Gasteiger partial charge in [-0.2, -0.15) is 0 Å². The standard InChI is InChI=1S/C24H30N6OS/c1-4-28-11-13-29(14-12-28)22-8-6-5-7-21(22)26-23(31)16-32-24-27-25-17-30(24)20-10-9-18(2)19(3)15-20/h5-10,15,17H,4,11-14,16H2,1-3H3,(H,26,31). The summed E-state index contributed by atoms with van der Waals surface area (Å²) in [5, 5.41) is 12.1. The lowest BCUT2D eigenvalue weighted by Gasteiger charge is -2.36. The molecule has 0 bridgehead atoms. The van der Waals surface area contributed by atoms with Gasteiger partial charge in [0.05, 0.1) is 17.1 Å². The third-order valence-corrected chi connectivity index (χ3v) is 6.90. The summed E-state index contributed by atoms with van der Waals surface area (Å²) in [6.07, 6.45) is 1.69. The van der Waals surface area contributed by atoms with E-state index in [1.807, 2.05) is 28.8 Å². The van der Waals surface area contributed by atoms with Crippen LogP contribution in [0.15, 0.2) is 53.9 Å². The average molecular weight is 451 g/mol. The van der Waals surface area contributed by atoms with Crippen LogP contribution in [0.3, 0.4) is 0 Å². The van der Waals surface area contributed by atoms with Crippen LogP contribution in [-0.2, 0) is 4.79 Å². The Morgan fingerprint density at radius 3 is 2.59 bits per heavy atom. The molecule has 1 aliphatic heterocycles. The molecular formula is C24H30N6OS. The van der Waals surface area contributed by atoms with Crippen LogP contribution in [0.1, 0.15) is 18.1 Å². The zero-order valence-corrected chi connectivity index (χ0v) is 19.7. The predicted molar refractivity (Wildman–Crippen MR) is 131 cm³/mol. The maximum Gasteiger partial charge on any atom is 0.234 e. The molecule has 2 aromatic carbocycles. The predicted octanol–water partition coefficient (Wildman–Crippen LogP) is 3.76. The van der Waals surface area contributed by atoms with Crippen LogP contribution in [-0.4, -0.2) is 64.0 Å². The third kappa shape index (κ3) is 5.14. The first-order valence-electron chi connectivity index (χ1n) is 11.0. The van der Waals surface area contributed by atoms with Crippen molar-refractivity contribution in [2.75, 3.05) is 48.7 Å². The van der Waals surface area contributed by atoms with Crippen LogP contribution in [0.2, 0.25) is 0 Å². The Bertz CT molecular complexity index is 1070. The van der Waals surface area contributed by atoms with Gasteiger partial charge >= 0.3 is 0 Å². The molecule has 4 rings (SSSR count). The molecule has 168 valence electrons. The molecule has 7 nitrogen and oxygen atoms in total. The fraction of sp³-hybridized carbons (Fsp3) is 0.375. The van der Waals surface area contributed by atoms with Crippen molar-refractivity contribution in [3.8, 4) is 5.69 Å². The van der Waals surface area contributed by atoms with Gasteiger partial charge in [0.15, 0.2) is 5.16 Å². The van der Waals surface area contributed by atoms with Gasteiger partial charge in [-0.05, 0) is 55.8 Å². The molecule has 0 radical (unpaired) electrons. The number of nitrogens with one attached hydrogen (secondary N) is 1. The Morgan fingerprint density at radius 2 is 1.84 bits per heavy atom. The number of hydrogen-bond acceptors (Lipinski definition) is 6. The minimum atomic E-state index is -0.0516. The molecule has 0 atom stereocenters. The first kappa shape index (κ1) is 22.4. The van der Waals surface area contributed by atoms with Crippen molar-refractivity contribution in [3.05, 3.63) is 59.9 Å². The van der Waals surface area contributed by atoms with Gasteiger partial charge < -0.3 is 15.1 Å². The number of amides is 1. The first-order chi connectivity index (χ1) is 15.5. The van der Waals surface area contributed by atoms with Gasteiger partial charge in [0.2, 0.25) is 5.91 Å². The summed E-state index contributed by atoms with van der Waals surface area (Å²) < 4.78 is 1.92. The normalized spacial score (nSPS) is 14.5. The zero-order chi connectivity index (χ0) is 22.5. The van der Waals surface area contributed by atoms with E-state index in [4.69, 9.17) is 0 Å². The summed E-state index contributed by atoms with van der Waals surface area (Å²) in [5.74, 6) is 0.214. The van der Waals surface area contributed by atoms with E-state index in [1.165, 1.54) is 22.9 Å². The van der Waals surface area contributed by atoms with Crippen LogP contribution in [0, 0.1) is 13.8 Å². The molecule has 0 aliphatic carbocycles. The second-order valence-electron chi connectivity index (χ2n) is 8.03. The maximum absolute atomic E-state index is 12.8. The summed E-state index contributed by atoms with van der Waals surface area (Å²) in [7, 11) is 0. The van der Waals surface area contributed by atoms with Crippen molar-refractivity contribution < 1.29 is 4.79 Å². The van der Waals surface area contributed by atoms with E-state index in [2.05, 4.69) is 64.3 Å². The van der Waals surface area contributed by atoms with E-state index in [-0.39, 0.29) is 11.7 Å². The molecule has 1 fully saturated rings. The Hall–Kier alpha value is -2.84. The van der Waals surface area contributed by atoms with Gasteiger partial charge in [-0.1, -0.05) is 36.9 Å². The van der Waals surface area contributed by atoms with Crippen LogP contribution < -0.4 is 10.2 Å². The number of carbonyl (C=O) groups is 1. The number of aromatic nitrogens is 3. The smallest absolute Gasteiger partial charge is 0.234 e. The molecule has 8 heteroatoms. The highest BCUT2D eigenvalue weighted by molar-refractivity contribution is 7.99. The third-order valence-electron chi connectivity index (χ3n) is 5.96. The van der Waals surface area contributed by atoms with Crippen molar-refractivity contribution in [1.29, 1.82) is 0 Å². The summed E-state index contributed by atoms with van der Waals surface area (Å²) >= 11 is 1.39. The molecule has 1 aromatic heterocycles. The molecule has 0 spiro atoms. The van der Waals surface area contributed by atoms with E-state index in [0.29, 0.717) is 5.16 Å². The van der Waals surface area contributed by atoms with Crippen molar-refractivity contribution in [2.24, 2.45) is 0 Å². The lowest BCUT2D eigenvalue weighted by atomic mass is 10.1. The Labute approximate surface area is 193 Å². The number of likely N-dealkylation sites (N-methyl/N-ethyl adjacent to an activating group) is 1. The molecule has 1 amide bonds. The molecular weight excluding hydrogens is 420 g/mol. The van der Waals surface area contributed by atoms with E-state index in [9.17, 15) is 4.79 Å². The van der Waals surface area contributed by atoms with Gasteiger partial charge in [-0.15, -0.1) is 10.2 Å². The van der Waals surface area contributed by atoms with Crippen molar-refractivity contribution in [1.82, 2.24) is 19.7 Å². The van der Waals surface area contributed by atoms with Crippen LogP contribution in [0.4, 0.5) is 11.4 Å². The van der Waals surface area contributed by atoms with Crippen LogP contribution in [0.25, 0.3) is 5.69 Å². The van der Waals surface area contributed by atoms with E-state index in [1.54, 1.807) is 6.33 Å². The largest absolute Gasteiger partial charge is 0.367 e. The minimum absolute atomic E-state index is 0.0516. The topological polar surface area (TPSA) is 66.3 Å². The van der Waals surface area contributed by atoms with Gasteiger partial charge in [0.1, 0.15) is 6.33 Å². The summed E-state index contributed by atoms with van der Waals surface area (Å²) in [5.41, 5.74) is 5.39. The molecule has 1 aliphatic rings. The van der Waals surface area contributed by atoms with E-state index in [0.717, 1.165) is 49.8 Å². The Kier molecular flexibility index (Phi) is 7.12. The molecule has 2 heterocycles. The monoisotopic (exact) mass is 450 g/mol. The van der Waals surface area contributed by atoms with Gasteiger partial charge in [0.25, 0.3) is 0 Å². The number of nitrogens with zero attached hydrogens (tertiary/aromatic N) is 5. The quantitative estimate of drug-likeness (QED) is 0.553. The maximum atomic E-state index is 12.8. The van der Waals surface area contributed by atoms with E-state index < -0.39 is 0 Å². The fourth-order valence-corrected chi connectivity index (χ4v) is 4.58. The zero-order valence-electron chi connectivity index (χ0n) is 18.9. The molecule has 0 unspecified atom stereocenters. The lowest BCUT2D eigenvalue weighted by Crippen LogP contribution is -2.46. The Morgan fingerprint density at radius 1 is 1.06 bits per heavy atom. The second kappa shape index (κ2) is 10.2. The van der Waals surface area contributed by atoms with Gasteiger partial charge in [-0.25, -0.2) is 0 Å².